The highest BCUT2D eigenvalue weighted by Crippen LogP contribution is 2.25. The predicted octanol–water partition coefficient (Wildman–Crippen LogP) is 3.62. The monoisotopic (exact) mass is 462 g/mol. The number of carbonyl (C=O) groups excluding carboxylic acids is 2. The summed E-state index contributed by atoms with van der Waals surface area (Å²) in [5.74, 6) is 0.518. The minimum absolute atomic E-state index is 0.213. The molecule has 168 valence electrons. The van der Waals surface area contributed by atoms with Crippen LogP contribution in [0.25, 0.3) is 10.2 Å². The van der Waals surface area contributed by atoms with Crippen molar-refractivity contribution in [1.82, 2.24) is 14.9 Å². The van der Waals surface area contributed by atoms with E-state index in [1.807, 2.05) is 44.2 Å². The van der Waals surface area contributed by atoms with Gasteiger partial charge < -0.3 is 15.4 Å². The summed E-state index contributed by atoms with van der Waals surface area (Å²) in [5.41, 5.74) is 1.19. The van der Waals surface area contributed by atoms with E-state index in [1.54, 1.807) is 24.3 Å². The van der Waals surface area contributed by atoms with Gasteiger partial charge in [0.15, 0.2) is 0 Å². The fourth-order valence-electron chi connectivity index (χ4n) is 3.21. The third-order valence-electron chi connectivity index (χ3n) is 5.03. The Labute approximate surface area is 193 Å². The lowest BCUT2D eigenvalue weighted by atomic mass is 10.2. The molecule has 0 aliphatic carbocycles. The van der Waals surface area contributed by atoms with Crippen molar-refractivity contribution in [2.45, 2.75) is 20.4 Å². The first-order valence-corrected chi connectivity index (χ1v) is 11.1. The molecule has 0 fully saturated rings. The van der Waals surface area contributed by atoms with Crippen molar-refractivity contribution in [1.29, 1.82) is 0 Å². The number of carbonyl (C=O) groups is 2. The summed E-state index contributed by atoms with van der Waals surface area (Å²) in [6, 6.07) is 16.3. The summed E-state index contributed by atoms with van der Waals surface area (Å²) in [7, 11) is 0. The lowest BCUT2D eigenvalue weighted by molar-refractivity contribution is -0.124. The van der Waals surface area contributed by atoms with E-state index in [1.165, 1.54) is 22.2 Å². The first-order valence-electron chi connectivity index (χ1n) is 10.3. The van der Waals surface area contributed by atoms with Gasteiger partial charge in [-0.25, -0.2) is 4.98 Å². The number of para-hydroxylation sites is 1. The molecule has 4 aromatic rings. The average molecular weight is 463 g/mol. The second-order valence-corrected chi connectivity index (χ2v) is 8.61. The van der Waals surface area contributed by atoms with Gasteiger partial charge in [0.05, 0.1) is 18.3 Å². The molecular weight excluding hydrogens is 440 g/mol. The van der Waals surface area contributed by atoms with Crippen LogP contribution in [0.4, 0.5) is 5.69 Å². The lowest BCUT2D eigenvalue weighted by Gasteiger charge is -2.09. The number of benzene rings is 2. The van der Waals surface area contributed by atoms with Crippen molar-refractivity contribution in [2.24, 2.45) is 0 Å². The van der Waals surface area contributed by atoms with Gasteiger partial charge in [0, 0.05) is 10.6 Å². The Kier molecular flexibility index (Phi) is 6.50. The van der Waals surface area contributed by atoms with Crippen LogP contribution >= 0.6 is 11.3 Å². The molecule has 2 heterocycles. The van der Waals surface area contributed by atoms with Crippen molar-refractivity contribution < 1.29 is 14.3 Å². The zero-order valence-corrected chi connectivity index (χ0v) is 18.9. The van der Waals surface area contributed by atoms with Crippen LogP contribution in [0.1, 0.15) is 10.4 Å². The van der Waals surface area contributed by atoms with Crippen molar-refractivity contribution in [3.8, 4) is 11.5 Å². The molecule has 0 unspecified atom stereocenters. The smallest absolute Gasteiger partial charge is 0.262 e. The van der Waals surface area contributed by atoms with Crippen LogP contribution in [0.3, 0.4) is 0 Å². The van der Waals surface area contributed by atoms with Crippen molar-refractivity contribution in [3.63, 3.8) is 0 Å². The Balaban J connectivity index is 1.29. The number of rotatable bonds is 7. The molecule has 2 amide bonds. The van der Waals surface area contributed by atoms with E-state index < -0.39 is 5.91 Å². The molecule has 33 heavy (non-hydrogen) atoms. The number of nitrogens with zero attached hydrogens (tertiary/aromatic N) is 2. The number of fused-ring (bicyclic) bond motifs is 1. The Hall–Kier alpha value is -3.98. The molecule has 2 aromatic heterocycles. The zero-order valence-electron chi connectivity index (χ0n) is 18.1. The Bertz CT molecular complexity index is 1360. The van der Waals surface area contributed by atoms with E-state index in [4.69, 9.17) is 4.74 Å². The van der Waals surface area contributed by atoms with E-state index in [9.17, 15) is 14.4 Å². The molecule has 9 heteroatoms. The molecule has 0 spiro atoms. The SMILES string of the molecule is Cc1sc2ncn(CC(=O)NCC(=O)Nc3ccc(Oc4ccccc4)cc3)c(=O)c2c1C. The minimum Gasteiger partial charge on any atom is -0.457 e. The van der Waals surface area contributed by atoms with Crippen LogP contribution in [-0.2, 0) is 16.1 Å². The number of nitrogens with one attached hydrogen (secondary N) is 2. The Morgan fingerprint density at radius 2 is 1.70 bits per heavy atom. The van der Waals surface area contributed by atoms with Crippen molar-refractivity contribution in [2.75, 3.05) is 11.9 Å². The molecule has 0 saturated heterocycles. The number of aryl methyl sites for hydroxylation is 2. The number of anilines is 1. The fraction of sp³-hybridized carbons (Fsp3) is 0.167. The third kappa shape index (κ3) is 5.27. The van der Waals surface area contributed by atoms with Gasteiger partial charge in [-0.15, -0.1) is 11.3 Å². The highest BCUT2D eigenvalue weighted by Gasteiger charge is 2.14. The second-order valence-electron chi connectivity index (χ2n) is 7.41. The quantitative estimate of drug-likeness (QED) is 0.437. The van der Waals surface area contributed by atoms with Crippen LogP contribution in [0.2, 0.25) is 0 Å². The number of aromatic nitrogens is 2. The maximum atomic E-state index is 12.7. The highest BCUT2D eigenvalue weighted by atomic mass is 32.1. The molecule has 2 N–H and O–H groups in total. The van der Waals surface area contributed by atoms with Crippen LogP contribution in [-0.4, -0.2) is 27.9 Å². The summed E-state index contributed by atoms with van der Waals surface area (Å²) < 4.78 is 6.97. The Morgan fingerprint density at radius 1 is 1.00 bits per heavy atom. The fourth-order valence-corrected chi connectivity index (χ4v) is 4.20. The van der Waals surface area contributed by atoms with Gasteiger partial charge in [0.1, 0.15) is 22.9 Å². The van der Waals surface area contributed by atoms with Gasteiger partial charge in [0.2, 0.25) is 11.8 Å². The number of hydrogen-bond acceptors (Lipinski definition) is 6. The minimum atomic E-state index is -0.454. The van der Waals surface area contributed by atoms with Crippen LogP contribution < -0.4 is 20.9 Å². The van der Waals surface area contributed by atoms with Crippen molar-refractivity contribution in [3.05, 3.63) is 81.7 Å². The standard InChI is InChI=1S/C24H22N4O4S/c1-15-16(2)33-23-22(15)24(31)28(14-26-23)13-21(30)25-12-20(29)27-17-8-10-19(11-9-17)32-18-6-4-3-5-7-18/h3-11,14H,12-13H2,1-2H3,(H,25,30)(H,27,29). The number of thiophene rings is 1. The molecule has 0 aliphatic rings. The first kappa shape index (κ1) is 22.2. The largest absolute Gasteiger partial charge is 0.457 e. The van der Waals surface area contributed by atoms with Crippen LogP contribution in [0.15, 0.2) is 65.7 Å². The Morgan fingerprint density at radius 3 is 2.42 bits per heavy atom. The molecule has 4 rings (SSSR count). The highest BCUT2D eigenvalue weighted by molar-refractivity contribution is 7.18. The van der Waals surface area contributed by atoms with E-state index in [0.29, 0.717) is 21.7 Å². The number of hydrogen-bond donors (Lipinski definition) is 2. The van der Waals surface area contributed by atoms with Crippen LogP contribution in [0.5, 0.6) is 11.5 Å². The molecule has 0 bridgehead atoms. The molecule has 2 aromatic carbocycles. The van der Waals surface area contributed by atoms with Gasteiger partial charge >= 0.3 is 0 Å². The van der Waals surface area contributed by atoms with Gasteiger partial charge in [-0.2, -0.15) is 0 Å². The number of amides is 2. The summed E-state index contributed by atoms with van der Waals surface area (Å²) in [6.45, 7) is 3.37. The van der Waals surface area contributed by atoms with E-state index in [2.05, 4.69) is 15.6 Å². The van der Waals surface area contributed by atoms with Gasteiger partial charge in [-0.05, 0) is 55.8 Å². The summed E-state index contributed by atoms with van der Waals surface area (Å²) in [5, 5.41) is 5.77. The molecular formula is C24H22N4O4S. The van der Waals surface area contributed by atoms with Gasteiger partial charge in [-0.1, -0.05) is 18.2 Å². The zero-order chi connectivity index (χ0) is 23.4. The maximum Gasteiger partial charge on any atom is 0.262 e. The predicted molar refractivity (Wildman–Crippen MR) is 128 cm³/mol. The first-order chi connectivity index (χ1) is 15.9. The summed E-state index contributed by atoms with van der Waals surface area (Å²) >= 11 is 1.45. The van der Waals surface area contributed by atoms with E-state index >= 15 is 0 Å². The van der Waals surface area contributed by atoms with Gasteiger partial charge in [0.25, 0.3) is 5.56 Å². The van der Waals surface area contributed by atoms with E-state index in [-0.39, 0.29) is 24.6 Å². The summed E-state index contributed by atoms with van der Waals surface area (Å²) in [4.78, 5) is 43.1. The molecule has 8 nitrogen and oxygen atoms in total. The molecule has 0 aliphatic heterocycles. The molecule has 0 saturated carbocycles. The van der Waals surface area contributed by atoms with Crippen molar-refractivity contribution >= 4 is 39.1 Å². The van der Waals surface area contributed by atoms with Gasteiger partial charge in [-0.3, -0.25) is 19.0 Å². The second kappa shape index (κ2) is 9.66. The maximum absolute atomic E-state index is 12.7. The topological polar surface area (TPSA) is 102 Å². The number of ether oxygens (including phenoxy) is 1. The van der Waals surface area contributed by atoms with E-state index in [0.717, 1.165) is 16.2 Å². The normalized spacial score (nSPS) is 10.7. The average Bonchev–Trinajstić information content (AvgIpc) is 3.10. The third-order valence-corrected chi connectivity index (χ3v) is 6.15. The summed E-state index contributed by atoms with van der Waals surface area (Å²) in [6.07, 6.45) is 1.36. The van der Waals surface area contributed by atoms with Crippen LogP contribution in [0, 0.1) is 13.8 Å². The molecule has 0 radical (unpaired) electrons. The molecule has 0 atom stereocenters. The lowest BCUT2D eigenvalue weighted by Crippen LogP contribution is -2.37.